The highest BCUT2D eigenvalue weighted by Gasteiger charge is 2.19. The van der Waals surface area contributed by atoms with Gasteiger partial charge in [0.1, 0.15) is 6.04 Å². The number of H-pyrrole nitrogens is 1. The topological polar surface area (TPSA) is 65.1 Å². The largest absolute Gasteiger partial charge is 0.480 e. The van der Waals surface area contributed by atoms with Crippen LogP contribution >= 0.6 is 0 Å². The van der Waals surface area contributed by atoms with Crippen molar-refractivity contribution >= 4 is 22.6 Å². The second-order valence-electron chi connectivity index (χ2n) is 4.97. The zero-order valence-corrected chi connectivity index (χ0v) is 11.4. The first-order chi connectivity index (χ1) is 10.2. The Kier molecular flexibility index (Phi) is 3.60. The molecule has 4 nitrogen and oxygen atoms in total. The zero-order chi connectivity index (χ0) is 14.7. The SMILES string of the molecule is O=C(O)[C@H](Cc1ccccc1)Nc1c[nH]c2ccccc12. The van der Waals surface area contributed by atoms with Crippen molar-refractivity contribution in [2.24, 2.45) is 0 Å². The molecule has 3 N–H and O–H groups in total. The highest BCUT2D eigenvalue weighted by molar-refractivity contribution is 5.94. The van der Waals surface area contributed by atoms with Gasteiger partial charge < -0.3 is 15.4 Å². The van der Waals surface area contributed by atoms with Crippen molar-refractivity contribution in [2.45, 2.75) is 12.5 Å². The summed E-state index contributed by atoms with van der Waals surface area (Å²) in [5.41, 5.74) is 2.80. The minimum atomic E-state index is -0.857. The van der Waals surface area contributed by atoms with Crippen LogP contribution in [0.5, 0.6) is 0 Å². The number of nitrogens with one attached hydrogen (secondary N) is 2. The van der Waals surface area contributed by atoms with Gasteiger partial charge in [0.25, 0.3) is 0 Å². The molecule has 0 fully saturated rings. The molecule has 0 aliphatic carbocycles. The summed E-state index contributed by atoms with van der Waals surface area (Å²) < 4.78 is 0. The van der Waals surface area contributed by atoms with E-state index in [1.165, 1.54) is 0 Å². The molecular weight excluding hydrogens is 264 g/mol. The van der Waals surface area contributed by atoms with Crippen LogP contribution < -0.4 is 5.32 Å². The van der Waals surface area contributed by atoms with Crippen molar-refractivity contribution in [3.8, 4) is 0 Å². The number of aromatic amines is 1. The number of aliphatic carboxylic acids is 1. The third-order valence-corrected chi connectivity index (χ3v) is 3.50. The van der Waals surface area contributed by atoms with Crippen LogP contribution in [0.3, 0.4) is 0 Å². The van der Waals surface area contributed by atoms with Crippen LogP contribution in [-0.4, -0.2) is 22.1 Å². The second kappa shape index (κ2) is 5.71. The number of carbonyl (C=O) groups is 1. The summed E-state index contributed by atoms with van der Waals surface area (Å²) in [5, 5.41) is 13.5. The number of aromatic nitrogens is 1. The summed E-state index contributed by atoms with van der Waals surface area (Å²) >= 11 is 0. The van der Waals surface area contributed by atoms with E-state index in [1.807, 2.05) is 60.8 Å². The molecule has 0 aliphatic rings. The van der Waals surface area contributed by atoms with Crippen LogP contribution in [0.25, 0.3) is 10.9 Å². The Morgan fingerprint density at radius 1 is 1.10 bits per heavy atom. The van der Waals surface area contributed by atoms with Gasteiger partial charge >= 0.3 is 5.97 Å². The number of rotatable bonds is 5. The van der Waals surface area contributed by atoms with Gasteiger partial charge in [-0.2, -0.15) is 0 Å². The molecule has 1 heterocycles. The fraction of sp³-hybridized carbons (Fsp3) is 0.118. The molecule has 0 unspecified atom stereocenters. The van der Waals surface area contributed by atoms with Crippen LogP contribution in [0, 0.1) is 0 Å². The molecule has 0 amide bonds. The van der Waals surface area contributed by atoms with Crippen LogP contribution in [0.2, 0.25) is 0 Å². The Hall–Kier alpha value is -2.75. The average Bonchev–Trinajstić information content (AvgIpc) is 2.91. The lowest BCUT2D eigenvalue weighted by Crippen LogP contribution is -2.31. The minimum Gasteiger partial charge on any atom is -0.480 e. The summed E-state index contributed by atoms with van der Waals surface area (Å²) in [5.74, 6) is -0.857. The van der Waals surface area contributed by atoms with Crippen molar-refractivity contribution in [1.29, 1.82) is 0 Å². The number of carboxylic acids is 1. The fourth-order valence-corrected chi connectivity index (χ4v) is 2.43. The lowest BCUT2D eigenvalue weighted by atomic mass is 10.1. The van der Waals surface area contributed by atoms with Gasteiger partial charge in [0.05, 0.1) is 5.69 Å². The summed E-state index contributed by atoms with van der Waals surface area (Å²) in [6.45, 7) is 0. The van der Waals surface area contributed by atoms with Gasteiger partial charge in [-0.05, 0) is 11.6 Å². The monoisotopic (exact) mass is 280 g/mol. The fourth-order valence-electron chi connectivity index (χ4n) is 2.43. The molecule has 3 rings (SSSR count). The van der Waals surface area contributed by atoms with E-state index in [0.29, 0.717) is 6.42 Å². The molecule has 3 aromatic rings. The quantitative estimate of drug-likeness (QED) is 0.672. The van der Waals surface area contributed by atoms with Gasteiger partial charge in [0.15, 0.2) is 0 Å². The second-order valence-corrected chi connectivity index (χ2v) is 4.97. The van der Waals surface area contributed by atoms with Crippen LogP contribution in [0.1, 0.15) is 5.56 Å². The molecule has 1 atom stereocenters. The first-order valence-electron chi connectivity index (χ1n) is 6.83. The van der Waals surface area contributed by atoms with Crippen molar-refractivity contribution in [3.63, 3.8) is 0 Å². The van der Waals surface area contributed by atoms with E-state index in [9.17, 15) is 9.90 Å². The summed E-state index contributed by atoms with van der Waals surface area (Å²) in [7, 11) is 0. The number of hydrogen-bond donors (Lipinski definition) is 3. The molecule has 0 bridgehead atoms. The lowest BCUT2D eigenvalue weighted by molar-refractivity contribution is -0.137. The number of fused-ring (bicyclic) bond motifs is 1. The smallest absolute Gasteiger partial charge is 0.326 e. The van der Waals surface area contributed by atoms with E-state index in [4.69, 9.17) is 0 Å². The molecule has 106 valence electrons. The van der Waals surface area contributed by atoms with Crippen LogP contribution in [-0.2, 0) is 11.2 Å². The van der Waals surface area contributed by atoms with Gasteiger partial charge in [-0.1, -0.05) is 48.5 Å². The van der Waals surface area contributed by atoms with Crippen molar-refractivity contribution < 1.29 is 9.90 Å². The lowest BCUT2D eigenvalue weighted by Gasteiger charge is -2.15. The third kappa shape index (κ3) is 2.89. The van der Waals surface area contributed by atoms with Crippen LogP contribution in [0.15, 0.2) is 60.8 Å². The number of benzene rings is 2. The molecular formula is C17H16N2O2. The number of para-hydroxylation sites is 1. The maximum atomic E-state index is 11.5. The molecule has 4 heteroatoms. The molecule has 21 heavy (non-hydrogen) atoms. The van der Waals surface area contributed by atoms with Gasteiger partial charge in [-0.15, -0.1) is 0 Å². The summed E-state index contributed by atoms with van der Waals surface area (Å²) in [6, 6.07) is 16.8. The Balaban J connectivity index is 1.84. The van der Waals surface area contributed by atoms with Crippen molar-refractivity contribution in [3.05, 3.63) is 66.4 Å². The van der Waals surface area contributed by atoms with E-state index in [0.717, 1.165) is 22.2 Å². The van der Waals surface area contributed by atoms with Crippen LogP contribution in [0.4, 0.5) is 5.69 Å². The van der Waals surface area contributed by atoms with E-state index in [1.54, 1.807) is 0 Å². The first kappa shape index (κ1) is 13.2. The highest BCUT2D eigenvalue weighted by Crippen LogP contribution is 2.23. The van der Waals surface area contributed by atoms with Gasteiger partial charge in [0.2, 0.25) is 0 Å². The molecule has 0 radical (unpaired) electrons. The molecule has 1 aromatic heterocycles. The highest BCUT2D eigenvalue weighted by atomic mass is 16.4. The van der Waals surface area contributed by atoms with Gasteiger partial charge in [0, 0.05) is 23.5 Å². The zero-order valence-electron chi connectivity index (χ0n) is 11.4. The third-order valence-electron chi connectivity index (χ3n) is 3.50. The van der Waals surface area contributed by atoms with Gasteiger partial charge in [-0.25, -0.2) is 4.79 Å². The maximum Gasteiger partial charge on any atom is 0.326 e. The first-order valence-corrected chi connectivity index (χ1v) is 6.83. The summed E-state index contributed by atoms with van der Waals surface area (Å²) in [6.07, 6.45) is 2.25. The van der Waals surface area contributed by atoms with Crippen molar-refractivity contribution in [2.75, 3.05) is 5.32 Å². The molecule has 0 saturated carbocycles. The normalized spacial score (nSPS) is 12.2. The Morgan fingerprint density at radius 3 is 2.57 bits per heavy atom. The average molecular weight is 280 g/mol. The predicted octanol–water partition coefficient (Wildman–Crippen LogP) is 3.28. The summed E-state index contributed by atoms with van der Waals surface area (Å²) in [4.78, 5) is 14.6. The van der Waals surface area contributed by atoms with Crippen molar-refractivity contribution in [1.82, 2.24) is 4.98 Å². The van der Waals surface area contributed by atoms with E-state index >= 15 is 0 Å². The molecule has 2 aromatic carbocycles. The number of carboxylic acid groups (broad SMARTS) is 1. The van der Waals surface area contributed by atoms with Gasteiger partial charge in [-0.3, -0.25) is 0 Å². The standard InChI is InChI=1S/C17H16N2O2/c20-17(21)15(10-12-6-2-1-3-7-12)19-16-11-18-14-9-5-4-8-13(14)16/h1-9,11,15,18-19H,10H2,(H,20,21)/t15-/m0/s1. The van der Waals surface area contributed by atoms with E-state index in [2.05, 4.69) is 10.3 Å². The molecule has 0 aliphatic heterocycles. The molecule has 0 saturated heterocycles. The minimum absolute atomic E-state index is 0.440. The Morgan fingerprint density at radius 2 is 1.81 bits per heavy atom. The predicted molar refractivity (Wildman–Crippen MR) is 83.5 cm³/mol. The Labute approximate surface area is 122 Å². The number of hydrogen-bond acceptors (Lipinski definition) is 2. The maximum absolute atomic E-state index is 11.5. The van der Waals surface area contributed by atoms with E-state index in [-0.39, 0.29) is 0 Å². The Bertz CT molecular complexity index is 750. The molecule has 0 spiro atoms. The van der Waals surface area contributed by atoms with E-state index < -0.39 is 12.0 Å². The number of anilines is 1.